The predicted molar refractivity (Wildman–Crippen MR) is 65.7 cm³/mol. The number of aromatic amines is 1. The zero-order valence-corrected chi connectivity index (χ0v) is 9.59. The summed E-state index contributed by atoms with van der Waals surface area (Å²) in [4.78, 5) is 0. The molecule has 16 heavy (non-hydrogen) atoms. The van der Waals surface area contributed by atoms with E-state index >= 15 is 0 Å². The number of fused-ring (bicyclic) bond motifs is 1. The highest BCUT2D eigenvalue weighted by Crippen LogP contribution is 2.27. The first-order chi connectivity index (χ1) is 7.84. The number of nitrogens with zero attached hydrogens (tertiary/aromatic N) is 1. The molecule has 3 nitrogen and oxygen atoms in total. The van der Waals surface area contributed by atoms with Gasteiger partial charge >= 0.3 is 0 Å². The number of aromatic nitrogens is 2. The van der Waals surface area contributed by atoms with Crippen molar-refractivity contribution in [3.8, 4) is 0 Å². The Hall–Kier alpha value is -1.35. The van der Waals surface area contributed by atoms with Gasteiger partial charge in [0.2, 0.25) is 0 Å². The number of H-pyrrole nitrogens is 1. The van der Waals surface area contributed by atoms with Crippen molar-refractivity contribution in [3.05, 3.63) is 29.5 Å². The second-order valence-corrected chi connectivity index (χ2v) is 4.72. The van der Waals surface area contributed by atoms with Gasteiger partial charge in [0.25, 0.3) is 0 Å². The van der Waals surface area contributed by atoms with Crippen molar-refractivity contribution in [1.82, 2.24) is 15.5 Å². The lowest BCUT2D eigenvalue weighted by Crippen LogP contribution is -2.28. The number of hydrogen-bond acceptors (Lipinski definition) is 2. The first-order valence-corrected chi connectivity index (χ1v) is 5.99. The third-order valence-corrected chi connectivity index (χ3v) is 3.54. The summed E-state index contributed by atoms with van der Waals surface area (Å²) in [5, 5.41) is 11.9. The highest BCUT2D eigenvalue weighted by atomic mass is 15.1. The first kappa shape index (κ1) is 9.85. The second kappa shape index (κ2) is 3.91. The van der Waals surface area contributed by atoms with Crippen LogP contribution in [0.15, 0.2) is 18.3 Å². The van der Waals surface area contributed by atoms with Gasteiger partial charge in [-0.2, -0.15) is 5.10 Å². The SMILES string of the molecule is Cc1cc(C2CCCNC2)cc2cn[nH]c12. The van der Waals surface area contributed by atoms with Gasteiger partial charge in [-0.25, -0.2) is 0 Å². The van der Waals surface area contributed by atoms with Gasteiger partial charge in [-0.1, -0.05) is 6.07 Å². The van der Waals surface area contributed by atoms with Crippen LogP contribution in [0.3, 0.4) is 0 Å². The van der Waals surface area contributed by atoms with Gasteiger partial charge < -0.3 is 5.32 Å². The molecule has 1 saturated heterocycles. The molecule has 2 aromatic rings. The lowest BCUT2D eigenvalue weighted by atomic mass is 9.90. The van der Waals surface area contributed by atoms with E-state index in [2.05, 4.69) is 34.6 Å². The second-order valence-electron chi connectivity index (χ2n) is 4.72. The number of benzene rings is 1. The average molecular weight is 215 g/mol. The van der Waals surface area contributed by atoms with Crippen molar-refractivity contribution in [3.63, 3.8) is 0 Å². The number of rotatable bonds is 1. The Kier molecular flexibility index (Phi) is 2.40. The molecule has 0 bridgehead atoms. The molecule has 2 N–H and O–H groups in total. The van der Waals surface area contributed by atoms with Crippen molar-refractivity contribution in [2.75, 3.05) is 13.1 Å². The molecule has 1 aliphatic heterocycles. The normalized spacial score (nSPS) is 21.4. The molecule has 1 fully saturated rings. The Morgan fingerprint density at radius 2 is 2.31 bits per heavy atom. The Morgan fingerprint density at radius 1 is 1.38 bits per heavy atom. The summed E-state index contributed by atoms with van der Waals surface area (Å²) in [5.74, 6) is 0.673. The maximum absolute atomic E-state index is 4.11. The standard InChI is InChI=1S/C13H17N3/c1-9-5-11(10-3-2-4-14-7-10)6-12-8-15-16-13(9)12/h5-6,8,10,14H,2-4,7H2,1H3,(H,15,16). The van der Waals surface area contributed by atoms with Crippen LogP contribution in [-0.4, -0.2) is 23.3 Å². The predicted octanol–water partition coefficient (Wildman–Crippen LogP) is 2.34. The number of nitrogens with one attached hydrogen (secondary N) is 2. The molecular weight excluding hydrogens is 198 g/mol. The summed E-state index contributed by atoms with van der Waals surface area (Å²) in [7, 11) is 0. The zero-order valence-electron chi connectivity index (χ0n) is 9.59. The third kappa shape index (κ3) is 1.61. The van der Waals surface area contributed by atoms with E-state index in [1.807, 2.05) is 6.20 Å². The van der Waals surface area contributed by atoms with Crippen LogP contribution in [0, 0.1) is 6.92 Å². The highest BCUT2D eigenvalue weighted by Gasteiger charge is 2.16. The van der Waals surface area contributed by atoms with Crippen molar-refractivity contribution >= 4 is 10.9 Å². The zero-order chi connectivity index (χ0) is 11.0. The fourth-order valence-corrected chi connectivity index (χ4v) is 2.64. The molecule has 1 aromatic heterocycles. The van der Waals surface area contributed by atoms with Gasteiger partial charge in [0, 0.05) is 11.9 Å². The van der Waals surface area contributed by atoms with Crippen molar-refractivity contribution in [2.45, 2.75) is 25.7 Å². The van der Waals surface area contributed by atoms with E-state index in [4.69, 9.17) is 0 Å². The molecule has 1 aromatic carbocycles. The molecule has 0 saturated carbocycles. The Morgan fingerprint density at radius 3 is 3.12 bits per heavy atom. The summed E-state index contributed by atoms with van der Waals surface area (Å²) < 4.78 is 0. The largest absolute Gasteiger partial charge is 0.316 e. The Labute approximate surface area is 95.2 Å². The number of piperidine rings is 1. The molecule has 1 unspecified atom stereocenters. The summed E-state index contributed by atoms with van der Waals surface area (Å²) in [5.41, 5.74) is 3.93. The van der Waals surface area contributed by atoms with Gasteiger partial charge in [0.1, 0.15) is 0 Å². The lowest BCUT2D eigenvalue weighted by Gasteiger charge is -2.23. The molecule has 3 rings (SSSR count). The topological polar surface area (TPSA) is 40.7 Å². The maximum Gasteiger partial charge on any atom is 0.0679 e. The van der Waals surface area contributed by atoms with Gasteiger partial charge in [0.05, 0.1) is 11.7 Å². The van der Waals surface area contributed by atoms with E-state index in [0.717, 1.165) is 6.54 Å². The van der Waals surface area contributed by atoms with Crippen LogP contribution in [-0.2, 0) is 0 Å². The van der Waals surface area contributed by atoms with Gasteiger partial charge in [-0.15, -0.1) is 0 Å². The van der Waals surface area contributed by atoms with E-state index in [9.17, 15) is 0 Å². The van der Waals surface area contributed by atoms with E-state index < -0.39 is 0 Å². The van der Waals surface area contributed by atoms with Crippen LogP contribution in [0.25, 0.3) is 10.9 Å². The van der Waals surface area contributed by atoms with Crippen molar-refractivity contribution < 1.29 is 0 Å². The van der Waals surface area contributed by atoms with E-state index in [1.54, 1.807) is 0 Å². The molecule has 0 spiro atoms. The average Bonchev–Trinajstić information content (AvgIpc) is 2.79. The minimum atomic E-state index is 0.673. The molecule has 0 aliphatic carbocycles. The smallest absolute Gasteiger partial charge is 0.0679 e. The molecule has 84 valence electrons. The first-order valence-electron chi connectivity index (χ1n) is 5.99. The quantitative estimate of drug-likeness (QED) is 0.766. The monoisotopic (exact) mass is 215 g/mol. The molecule has 0 amide bonds. The molecule has 0 radical (unpaired) electrons. The van der Waals surface area contributed by atoms with Gasteiger partial charge in [-0.05, 0) is 49.4 Å². The highest BCUT2D eigenvalue weighted by molar-refractivity contribution is 5.82. The molecule has 1 aliphatic rings. The van der Waals surface area contributed by atoms with Crippen LogP contribution in [0.1, 0.15) is 29.9 Å². The molecular formula is C13H17N3. The van der Waals surface area contributed by atoms with E-state index in [-0.39, 0.29) is 0 Å². The number of hydrogen-bond donors (Lipinski definition) is 2. The fraction of sp³-hybridized carbons (Fsp3) is 0.462. The summed E-state index contributed by atoms with van der Waals surface area (Å²) >= 11 is 0. The van der Waals surface area contributed by atoms with E-state index in [1.165, 1.54) is 41.4 Å². The fourth-order valence-electron chi connectivity index (χ4n) is 2.64. The summed E-state index contributed by atoms with van der Waals surface area (Å²) in [6.07, 6.45) is 4.50. The minimum Gasteiger partial charge on any atom is -0.316 e. The Balaban J connectivity index is 2.02. The molecule has 2 heterocycles. The number of aryl methyl sites for hydroxylation is 1. The minimum absolute atomic E-state index is 0.673. The Bertz CT molecular complexity index is 495. The van der Waals surface area contributed by atoms with Crippen LogP contribution in [0.5, 0.6) is 0 Å². The van der Waals surface area contributed by atoms with E-state index in [0.29, 0.717) is 5.92 Å². The van der Waals surface area contributed by atoms with Crippen LogP contribution >= 0.6 is 0 Å². The van der Waals surface area contributed by atoms with Crippen molar-refractivity contribution in [1.29, 1.82) is 0 Å². The summed E-state index contributed by atoms with van der Waals surface area (Å²) in [6, 6.07) is 4.58. The summed E-state index contributed by atoms with van der Waals surface area (Å²) in [6.45, 7) is 4.44. The van der Waals surface area contributed by atoms with Gasteiger partial charge in [-0.3, -0.25) is 5.10 Å². The molecule has 1 atom stereocenters. The third-order valence-electron chi connectivity index (χ3n) is 3.54. The maximum atomic E-state index is 4.11. The van der Waals surface area contributed by atoms with Crippen LogP contribution in [0.2, 0.25) is 0 Å². The lowest BCUT2D eigenvalue weighted by molar-refractivity contribution is 0.462. The van der Waals surface area contributed by atoms with Crippen LogP contribution in [0.4, 0.5) is 0 Å². The van der Waals surface area contributed by atoms with Crippen molar-refractivity contribution in [2.24, 2.45) is 0 Å². The van der Waals surface area contributed by atoms with Crippen LogP contribution < -0.4 is 5.32 Å². The van der Waals surface area contributed by atoms with Gasteiger partial charge in [0.15, 0.2) is 0 Å². The molecule has 3 heteroatoms.